The molecule has 1 aliphatic rings. The van der Waals surface area contributed by atoms with Crippen LogP contribution in [0.4, 0.5) is 37.8 Å². The fourth-order valence-electron chi connectivity index (χ4n) is 4.96. The molecule has 2 atom stereocenters. The number of aromatic nitrogens is 1. The van der Waals surface area contributed by atoms with E-state index in [1.54, 1.807) is 30.3 Å². The molecule has 2 unspecified atom stereocenters. The lowest BCUT2D eigenvalue weighted by Gasteiger charge is -2.32. The number of alkyl halides is 6. The lowest BCUT2D eigenvalue weighted by molar-refractivity contribution is -0.143. The van der Waals surface area contributed by atoms with Gasteiger partial charge >= 0.3 is 12.4 Å². The summed E-state index contributed by atoms with van der Waals surface area (Å²) in [5, 5.41) is 13.8. The van der Waals surface area contributed by atoms with Crippen molar-refractivity contribution in [3.05, 3.63) is 76.4 Å². The van der Waals surface area contributed by atoms with Gasteiger partial charge in [0.2, 0.25) is 5.91 Å². The molecule has 1 aliphatic carbocycles. The molecule has 0 radical (unpaired) electrons. The van der Waals surface area contributed by atoms with E-state index in [0.717, 1.165) is 17.7 Å². The normalized spacial score (nSPS) is 17.9. The second-order valence-corrected chi connectivity index (χ2v) is 11.0. The van der Waals surface area contributed by atoms with Gasteiger partial charge in [-0.05, 0) is 69.0 Å². The Balaban J connectivity index is 1.78. The molecule has 12 heteroatoms. The number of carbonyl (C=O) groups excluding carboxylic acids is 1. The van der Waals surface area contributed by atoms with Crippen molar-refractivity contribution >= 4 is 29.0 Å². The van der Waals surface area contributed by atoms with E-state index in [1.165, 1.54) is 27.1 Å². The van der Waals surface area contributed by atoms with Gasteiger partial charge in [0.25, 0.3) is 0 Å². The number of hydrogen-bond donors (Lipinski definition) is 2. The first-order valence-electron chi connectivity index (χ1n) is 12.8. The Hall–Kier alpha value is -3.31. The van der Waals surface area contributed by atoms with Gasteiger partial charge in [-0.15, -0.1) is 0 Å². The number of pyridine rings is 1. The molecule has 1 amide bonds. The number of rotatable bonds is 6. The molecule has 2 N–H and O–H groups in total. The van der Waals surface area contributed by atoms with Crippen LogP contribution in [0.1, 0.15) is 49.8 Å². The number of aliphatic hydroxyl groups is 1. The molecular formula is C29H28ClF6N3O2. The first-order chi connectivity index (χ1) is 19.0. The van der Waals surface area contributed by atoms with Gasteiger partial charge in [-0.1, -0.05) is 29.8 Å². The molecule has 1 saturated carbocycles. The van der Waals surface area contributed by atoms with Crippen molar-refractivity contribution in [3.8, 4) is 11.1 Å². The molecule has 3 aromatic rings. The van der Waals surface area contributed by atoms with Crippen LogP contribution in [-0.2, 0) is 22.6 Å². The highest BCUT2D eigenvalue weighted by molar-refractivity contribution is 6.33. The SMILES string of the molecule is CN(C(=O)C(C)(C)c1cc(C(F)(F)F)cc(C(F)(F)F)c1)c1cnc(NC2CCCC2O)cc1-c1ccccc1Cl. The summed E-state index contributed by atoms with van der Waals surface area (Å²) in [5.74, 6) is -0.366. The number of hydrogen-bond acceptors (Lipinski definition) is 4. The summed E-state index contributed by atoms with van der Waals surface area (Å²) in [6.07, 6.45) is -7.08. The number of halogens is 7. The Kier molecular flexibility index (Phi) is 8.35. The summed E-state index contributed by atoms with van der Waals surface area (Å²) in [4.78, 5) is 19.3. The van der Waals surface area contributed by atoms with Crippen molar-refractivity contribution in [2.24, 2.45) is 0 Å². The van der Waals surface area contributed by atoms with Crippen LogP contribution in [0.5, 0.6) is 0 Å². The van der Waals surface area contributed by atoms with E-state index in [9.17, 15) is 36.2 Å². The molecule has 1 aromatic heterocycles. The summed E-state index contributed by atoms with van der Waals surface area (Å²) >= 11 is 6.47. The van der Waals surface area contributed by atoms with Gasteiger partial charge in [0, 0.05) is 23.2 Å². The molecule has 1 fully saturated rings. The monoisotopic (exact) mass is 599 g/mol. The van der Waals surface area contributed by atoms with E-state index < -0.39 is 46.5 Å². The summed E-state index contributed by atoms with van der Waals surface area (Å²) in [6.45, 7) is 2.53. The van der Waals surface area contributed by atoms with Gasteiger partial charge in [-0.3, -0.25) is 4.79 Å². The molecule has 0 spiro atoms. The fourth-order valence-corrected chi connectivity index (χ4v) is 5.19. The van der Waals surface area contributed by atoms with E-state index >= 15 is 0 Å². The van der Waals surface area contributed by atoms with Crippen molar-refractivity contribution in [2.45, 2.75) is 63.0 Å². The maximum absolute atomic E-state index is 13.8. The molecule has 5 nitrogen and oxygen atoms in total. The fraction of sp³-hybridized carbons (Fsp3) is 0.379. The van der Waals surface area contributed by atoms with E-state index in [1.807, 2.05) is 0 Å². The smallest absolute Gasteiger partial charge is 0.391 e. The van der Waals surface area contributed by atoms with Gasteiger partial charge in [0.15, 0.2) is 0 Å². The highest BCUT2D eigenvalue weighted by Gasteiger charge is 2.41. The summed E-state index contributed by atoms with van der Waals surface area (Å²) in [5.41, 5.74) is -4.06. The third-order valence-electron chi connectivity index (χ3n) is 7.37. The Morgan fingerprint density at radius 1 is 0.951 bits per heavy atom. The minimum absolute atomic E-state index is 0.0280. The largest absolute Gasteiger partial charge is 0.416 e. The van der Waals surface area contributed by atoms with Crippen LogP contribution in [0.2, 0.25) is 5.02 Å². The van der Waals surface area contributed by atoms with Crippen molar-refractivity contribution in [2.75, 3.05) is 17.3 Å². The van der Waals surface area contributed by atoms with Crippen molar-refractivity contribution in [1.82, 2.24) is 4.98 Å². The van der Waals surface area contributed by atoms with E-state index in [-0.39, 0.29) is 17.8 Å². The zero-order valence-electron chi connectivity index (χ0n) is 22.4. The predicted octanol–water partition coefficient (Wildman–Crippen LogP) is 7.71. The number of carbonyl (C=O) groups is 1. The Morgan fingerprint density at radius 3 is 2.07 bits per heavy atom. The zero-order chi connectivity index (χ0) is 30.3. The van der Waals surface area contributed by atoms with Gasteiger partial charge in [-0.25, -0.2) is 4.98 Å². The molecule has 0 saturated heterocycles. The van der Waals surface area contributed by atoms with Gasteiger partial charge in [0.05, 0.1) is 40.6 Å². The molecule has 4 rings (SSSR count). The molecule has 0 bridgehead atoms. The van der Waals surface area contributed by atoms with Crippen molar-refractivity contribution < 1.29 is 36.2 Å². The van der Waals surface area contributed by atoms with Gasteiger partial charge in [0.1, 0.15) is 5.82 Å². The maximum atomic E-state index is 13.8. The predicted molar refractivity (Wildman–Crippen MR) is 145 cm³/mol. The summed E-state index contributed by atoms with van der Waals surface area (Å²) in [7, 11) is 1.37. The number of amides is 1. The van der Waals surface area contributed by atoms with Crippen molar-refractivity contribution in [1.29, 1.82) is 0 Å². The standard InChI is InChI=1S/C29H28ClF6N3O2/c1-27(2,16-11-17(28(31,32)33)13-18(12-16)29(34,35)36)26(41)39(3)23-15-37-25(38-22-9-6-10-24(22)40)14-20(23)19-7-4-5-8-21(19)30/h4-5,7-8,11-15,22,24,40H,6,9-10H2,1-3H3,(H,37,38). The quantitative estimate of drug-likeness (QED) is 0.285. The third-order valence-corrected chi connectivity index (χ3v) is 7.70. The molecule has 0 aliphatic heterocycles. The van der Waals surface area contributed by atoms with E-state index in [0.29, 0.717) is 40.5 Å². The number of nitrogens with one attached hydrogen (secondary N) is 1. The molecule has 41 heavy (non-hydrogen) atoms. The van der Waals surface area contributed by atoms with Crippen LogP contribution in [0.3, 0.4) is 0 Å². The van der Waals surface area contributed by atoms with Gasteiger partial charge < -0.3 is 15.3 Å². The minimum Gasteiger partial charge on any atom is -0.391 e. The number of aliphatic hydroxyl groups excluding tert-OH is 1. The second-order valence-electron chi connectivity index (χ2n) is 10.6. The van der Waals surface area contributed by atoms with E-state index in [4.69, 9.17) is 11.6 Å². The van der Waals surface area contributed by atoms with Gasteiger partial charge in [-0.2, -0.15) is 26.3 Å². The lowest BCUT2D eigenvalue weighted by Crippen LogP contribution is -2.42. The Bertz CT molecular complexity index is 1410. The third kappa shape index (κ3) is 6.46. The summed E-state index contributed by atoms with van der Waals surface area (Å²) < 4.78 is 81.2. The van der Waals surface area contributed by atoms with Crippen LogP contribution in [0, 0.1) is 0 Å². The number of likely N-dealkylation sites (N-methyl/N-ethyl adjacent to an activating group) is 1. The Labute approximate surface area is 238 Å². The average molecular weight is 600 g/mol. The molecule has 220 valence electrons. The van der Waals surface area contributed by atoms with Crippen LogP contribution in [-0.4, -0.2) is 35.2 Å². The highest BCUT2D eigenvalue weighted by atomic mass is 35.5. The topological polar surface area (TPSA) is 65.5 Å². The summed E-state index contributed by atoms with van der Waals surface area (Å²) in [6, 6.07) is 9.36. The van der Waals surface area contributed by atoms with Crippen molar-refractivity contribution in [3.63, 3.8) is 0 Å². The molecule has 1 heterocycles. The zero-order valence-corrected chi connectivity index (χ0v) is 23.1. The lowest BCUT2D eigenvalue weighted by atomic mass is 9.81. The second kappa shape index (κ2) is 11.2. The molecule has 2 aromatic carbocycles. The first-order valence-corrected chi connectivity index (χ1v) is 13.2. The molecular weight excluding hydrogens is 572 g/mol. The minimum atomic E-state index is -5.06. The number of benzene rings is 2. The van der Waals surface area contributed by atoms with Crippen LogP contribution in [0.25, 0.3) is 11.1 Å². The number of nitrogens with zero attached hydrogens (tertiary/aromatic N) is 2. The van der Waals surface area contributed by atoms with Crippen LogP contribution < -0.4 is 10.2 Å². The maximum Gasteiger partial charge on any atom is 0.416 e. The first kappa shape index (κ1) is 30.6. The van der Waals surface area contributed by atoms with Crippen LogP contribution >= 0.6 is 11.6 Å². The van der Waals surface area contributed by atoms with E-state index in [2.05, 4.69) is 10.3 Å². The highest BCUT2D eigenvalue weighted by Crippen LogP contribution is 2.41. The number of anilines is 2. The van der Waals surface area contributed by atoms with Crippen LogP contribution in [0.15, 0.2) is 54.7 Å². The Morgan fingerprint density at radius 2 is 1.54 bits per heavy atom. The average Bonchev–Trinajstić information content (AvgIpc) is 3.30.